The van der Waals surface area contributed by atoms with Crippen molar-refractivity contribution in [1.82, 2.24) is 19.7 Å². The Hall–Kier alpha value is -4.45. The SMILES string of the molecule is CNC1CC=C(c2cnc(N)c3c(-c4c(F)cccc4-c4ccc(NC(N)=O)cc4C(F)(F)F)nc(C(C)C)n23)CC1. The van der Waals surface area contributed by atoms with Crippen LogP contribution in [0.3, 0.4) is 0 Å². The molecule has 42 heavy (non-hydrogen) atoms. The number of primary amides is 1. The van der Waals surface area contributed by atoms with E-state index in [0.29, 0.717) is 17.4 Å². The second-order valence-corrected chi connectivity index (χ2v) is 10.6. The lowest BCUT2D eigenvalue weighted by Crippen LogP contribution is -2.26. The summed E-state index contributed by atoms with van der Waals surface area (Å²) in [5, 5.41) is 5.45. The van der Waals surface area contributed by atoms with Gasteiger partial charge in [0.05, 0.1) is 17.5 Å². The highest BCUT2D eigenvalue weighted by atomic mass is 19.4. The number of aromatic nitrogens is 3. The molecule has 1 unspecified atom stereocenters. The first kappa shape index (κ1) is 29.1. The third-order valence-corrected chi connectivity index (χ3v) is 7.51. The number of urea groups is 1. The number of halogens is 4. The fourth-order valence-corrected chi connectivity index (χ4v) is 5.51. The van der Waals surface area contributed by atoms with Crippen LogP contribution in [0.15, 0.2) is 48.7 Å². The monoisotopic (exact) mass is 581 g/mol. The third kappa shape index (κ3) is 5.29. The summed E-state index contributed by atoms with van der Waals surface area (Å²) in [6, 6.07) is 6.46. The van der Waals surface area contributed by atoms with Crippen LogP contribution in [0.1, 0.15) is 56.1 Å². The number of benzene rings is 2. The van der Waals surface area contributed by atoms with E-state index in [1.807, 2.05) is 25.3 Å². The van der Waals surface area contributed by atoms with Gasteiger partial charge in [-0.15, -0.1) is 0 Å². The molecule has 1 atom stereocenters. The summed E-state index contributed by atoms with van der Waals surface area (Å²) < 4.78 is 60.7. The van der Waals surface area contributed by atoms with Gasteiger partial charge in [0, 0.05) is 23.2 Å². The Bertz CT molecular complexity index is 1710. The number of alkyl halides is 3. The van der Waals surface area contributed by atoms with E-state index in [1.54, 1.807) is 6.20 Å². The molecule has 4 aromatic rings. The number of amides is 2. The molecule has 1 aliphatic rings. The molecule has 0 spiro atoms. The molecular formula is C30H31F4N7O. The average molecular weight is 582 g/mol. The number of hydrogen-bond donors (Lipinski definition) is 4. The lowest BCUT2D eigenvalue weighted by Gasteiger charge is -2.22. The number of imidazole rings is 1. The number of nitrogen functional groups attached to an aromatic ring is 1. The van der Waals surface area contributed by atoms with Gasteiger partial charge in [0.25, 0.3) is 0 Å². The fraction of sp³-hybridized carbons (Fsp3) is 0.300. The maximum Gasteiger partial charge on any atom is 0.417 e. The van der Waals surface area contributed by atoms with Crippen LogP contribution >= 0.6 is 0 Å². The molecule has 1 aliphatic carbocycles. The number of rotatable bonds is 6. The quantitative estimate of drug-likeness (QED) is 0.192. The first-order valence-corrected chi connectivity index (χ1v) is 13.5. The minimum Gasteiger partial charge on any atom is -0.382 e. The van der Waals surface area contributed by atoms with Crippen LogP contribution in [-0.2, 0) is 6.18 Å². The number of carbonyl (C=O) groups excluding carboxylic acids is 1. The minimum atomic E-state index is -4.83. The number of nitrogens with zero attached hydrogens (tertiary/aromatic N) is 3. The number of allylic oxidation sites excluding steroid dienone is 1. The summed E-state index contributed by atoms with van der Waals surface area (Å²) >= 11 is 0. The molecule has 12 heteroatoms. The van der Waals surface area contributed by atoms with Crippen molar-refractivity contribution in [2.75, 3.05) is 18.1 Å². The zero-order valence-corrected chi connectivity index (χ0v) is 23.3. The molecule has 2 heterocycles. The number of nitrogens with one attached hydrogen (secondary N) is 2. The standard InChI is InChI=1S/C30H31F4N7O/c1-15(2)28-40-25(26-27(35)38-14-23(41(26)28)16-7-9-17(37-3)10-8-16)24-20(5-4-6-22(24)31)19-12-11-18(39-29(36)42)13-21(19)30(32,33)34/h4-7,11-15,17,37H,8-10H2,1-3H3,(H2,35,38)(H3,36,39,42). The van der Waals surface area contributed by atoms with Crippen molar-refractivity contribution < 1.29 is 22.4 Å². The summed E-state index contributed by atoms with van der Waals surface area (Å²) in [6.45, 7) is 3.86. The van der Waals surface area contributed by atoms with Crippen LogP contribution in [0, 0.1) is 5.82 Å². The Balaban J connectivity index is 1.80. The van der Waals surface area contributed by atoms with Gasteiger partial charge in [-0.05, 0) is 61.2 Å². The number of nitrogens with two attached hydrogens (primary N) is 2. The second-order valence-electron chi connectivity index (χ2n) is 10.6. The molecule has 0 bridgehead atoms. The molecule has 5 rings (SSSR count). The van der Waals surface area contributed by atoms with E-state index in [2.05, 4.69) is 21.7 Å². The van der Waals surface area contributed by atoms with Crippen LogP contribution in [0.25, 0.3) is 33.5 Å². The Labute approximate surface area is 239 Å². The van der Waals surface area contributed by atoms with Crippen LogP contribution in [0.5, 0.6) is 0 Å². The average Bonchev–Trinajstić information content (AvgIpc) is 3.34. The van der Waals surface area contributed by atoms with E-state index in [0.717, 1.165) is 36.6 Å². The maximum absolute atomic E-state index is 15.8. The predicted octanol–water partition coefficient (Wildman–Crippen LogP) is 6.57. The largest absolute Gasteiger partial charge is 0.417 e. The Morgan fingerprint density at radius 1 is 1.17 bits per heavy atom. The van der Waals surface area contributed by atoms with Gasteiger partial charge in [-0.3, -0.25) is 4.40 Å². The molecule has 0 radical (unpaired) electrons. The molecule has 2 amide bonds. The van der Waals surface area contributed by atoms with Gasteiger partial charge in [0.15, 0.2) is 0 Å². The maximum atomic E-state index is 15.8. The molecule has 2 aromatic heterocycles. The van der Waals surface area contributed by atoms with Crippen LogP contribution in [0.2, 0.25) is 0 Å². The van der Waals surface area contributed by atoms with E-state index in [-0.39, 0.29) is 39.8 Å². The molecule has 6 N–H and O–H groups in total. The van der Waals surface area contributed by atoms with Crippen molar-refractivity contribution >= 4 is 28.6 Å². The van der Waals surface area contributed by atoms with Crippen molar-refractivity contribution in [2.45, 2.75) is 51.2 Å². The van der Waals surface area contributed by atoms with Crippen LogP contribution in [0.4, 0.5) is 33.9 Å². The van der Waals surface area contributed by atoms with Gasteiger partial charge in [0.1, 0.15) is 28.7 Å². The summed E-state index contributed by atoms with van der Waals surface area (Å²) in [7, 11) is 1.92. The highest BCUT2D eigenvalue weighted by Gasteiger charge is 2.36. The number of fused-ring (bicyclic) bond motifs is 1. The van der Waals surface area contributed by atoms with Crippen LogP contribution < -0.4 is 22.1 Å². The van der Waals surface area contributed by atoms with Gasteiger partial charge in [-0.25, -0.2) is 19.2 Å². The Morgan fingerprint density at radius 3 is 2.55 bits per heavy atom. The van der Waals surface area contributed by atoms with E-state index in [4.69, 9.17) is 16.5 Å². The van der Waals surface area contributed by atoms with E-state index >= 15 is 4.39 Å². The Morgan fingerprint density at radius 2 is 1.93 bits per heavy atom. The second kappa shape index (κ2) is 11.1. The number of carbonyl (C=O) groups is 1. The topological polar surface area (TPSA) is 123 Å². The molecule has 8 nitrogen and oxygen atoms in total. The molecule has 0 saturated heterocycles. The van der Waals surface area contributed by atoms with Crippen LogP contribution in [-0.4, -0.2) is 33.5 Å². The number of hydrogen-bond acceptors (Lipinski definition) is 5. The summed E-state index contributed by atoms with van der Waals surface area (Å²) in [4.78, 5) is 20.5. The van der Waals surface area contributed by atoms with Crippen molar-refractivity contribution in [3.05, 3.63) is 71.6 Å². The lowest BCUT2D eigenvalue weighted by atomic mass is 9.92. The van der Waals surface area contributed by atoms with Gasteiger partial charge < -0.3 is 22.1 Å². The normalized spacial score (nSPS) is 15.7. The van der Waals surface area contributed by atoms with Gasteiger partial charge >= 0.3 is 12.2 Å². The van der Waals surface area contributed by atoms with Crippen molar-refractivity contribution in [1.29, 1.82) is 0 Å². The molecular weight excluding hydrogens is 550 g/mol. The van der Waals surface area contributed by atoms with Gasteiger partial charge in [-0.1, -0.05) is 38.1 Å². The third-order valence-electron chi connectivity index (χ3n) is 7.51. The van der Waals surface area contributed by atoms with Crippen molar-refractivity contribution in [3.8, 4) is 22.4 Å². The number of anilines is 2. The van der Waals surface area contributed by atoms with E-state index in [1.165, 1.54) is 30.3 Å². The smallest absolute Gasteiger partial charge is 0.382 e. The zero-order valence-electron chi connectivity index (χ0n) is 23.3. The molecule has 0 fully saturated rings. The summed E-state index contributed by atoms with van der Waals surface area (Å²) in [6.07, 6.45) is 1.45. The molecule has 2 aromatic carbocycles. The summed E-state index contributed by atoms with van der Waals surface area (Å²) in [5.74, 6) is -0.258. The lowest BCUT2D eigenvalue weighted by molar-refractivity contribution is -0.137. The van der Waals surface area contributed by atoms with E-state index in [9.17, 15) is 18.0 Å². The van der Waals surface area contributed by atoms with Crippen molar-refractivity contribution in [3.63, 3.8) is 0 Å². The van der Waals surface area contributed by atoms with Gasteiger partial charge in [0.2, 0.25) is 0 Å². The minimum absolute atomic E-state index is 0.0400. The molecule has 220 valence electrons. The highest BCUT2D eigenvalue weighted by Crippen LogP contribution is 2.45. The van der Waals surface area contributed by atoms with Gasteiger partial charge in [-0.2, -0.15) is 13.2 Å². The predicted molar refractivity (Wildman–Crippen MR) is 155 cm³/mol. The first-order chi connectivity index (χ1) is 19.9. The van der Waals surface area contributed by atoms with Crippen molar-refractivity contribution in [2.24, 2.45) is 5.73 Å². The first-order valence-electron chi connectivity index (χ1n) is 13.5. The fourth-order valence-electron chi connectivity index (χ4n) is 5.51. The summed E-state index contributed by atoms with van der Waals surface area (Å²) in [5.41, 5.74) is 12.0. The van der Waals surface area contributed by atoms with E-state index < -0.39 is 23.6 Å². The Kier molecular flexibility index (Phi) is 7.67. The molecule has 0 aliphatic heterocycles. The highest BCUT2D eigenvalue weighted by molar-refractivity contribution is 5.95. The molecule has 0 saturated carbocycles. The zero-order chi connectivity index (χ0) is 30.3.